The molecule has 0 atom stereocenters. The van der Waals surface area contributed by atoms with Gasteiger partial charge < -0.3 is 19.9 Å². The van der Waals surface area contributed by atoms with Gasteiger partial charge in [0.05, 0.1) is 12.7 Å². The van der Waals surface area contributed by atoms with Crippen molar-refractivity contribution in [3.05, 3.63) is 29.5 Å². The number of carboxylic acids is 1. The minimum absolute atomic E-state index is 0.00504. The van der Waals surface area contributed by atoms with E-state index in [1.54, 1.807) is 18.2 Å². The van der Waals surface area contributed by atoms with Crippen molar-refractivity contribution >= 4 is 18.0 Å². The maximum Gasteiger partial charge on any atom is 0.352 e. The minimum atomic E-state index is -1.21. The number of rotatable bonds is 7. The van der Waals surface area contributed by atoms with Gasteiger partial charge in [0.1, 0.15) is 5.70 Å². The number of aliphatic carboxylic acids is 1. The largest absolute Gasteiger partial charge is 0.490 e. The average Bonchev–Trinajstić information content (AvgIpc) is 2.40. The number of carbonyl (C=O) groups is 2. The lowest BCUT2D eigenvalue weighted by Gasteiger charge is -2.15. The van der Waals surface area contributed by atoms with E-state index in [1.165, 1.54) is 13.0 Å². The molecule has 6 heteroatoms. The molecule has 0 bridgehead atoms. The van der Waals surface area contributed by atoms with Crippen LogP contribution in [0.25, 0.3) is 6.08 Å². The van der Waals surface area contributed by atoms with E-state index in [-0.39, 0.29) is 11.8 Å². The second-order valence-corrected chi connectivity index (χ2v) is 4.85. The molecule has 0 aliphatic rings. The Balaban J connectivity index is 3.16. The van der Waals surface area contributed by atoms with Crippen LogP contribution >= 0.6 is 0 Å². The zero-order valence-corrected chi connectivity index (χ0v) is 13.2. The summed E-state index contributed by atoms with van der Waals surface area (Å²) in [5.74, 6) is -0.544. The molecule has 2 N–H and O–H groups in total. The van der Waals surface area contributed by atoms with Crippen molar-refractivity contribution < 1.29 is 24.2 Å². The molecule has 0 aliphatic carbocycles. The van der Waals surface area contributed by atoms with E-state index in [0.717, 1.165) is 0 Å². The van der Waals surface area contributed by atoms with Crippen LogP contribution in [0.1, 0.15) is 33.3 Å². The van der Waals surface area contributed by atoms with Crippen molar-refractivity contribution in [1.82, 2.24) is 5.32 Å². The van der Waals surface area contributed by atoms with Gasteiger partial charge >= 0.3 is 5.97 Å². The summed E-state index contributed by atoms with van der Waals surface area (Å²) < 4.78 is 11.2. The molecular formula is C16H21NO5. The van der Waals surface area contributed by atoms with E-state index in [4.69, 9.17) is 14.6 Å². The first kappa shape index (κ1) is 17.6. The summed E-state index contributed by atoms with van der Waals surface area (Å²) in [7, 11) is 0. The van der Waals surface area contributed by atoms with E-state index in [9.17, 15) is 9.59 Å². The molecule has 1 aromatic carbocycles. The molecule has 0 aliphatic heterocycles. The molecule has 0 saturated heterocycles. The summed E-state index contributed by atoms with van der Waals surface area (Å²) in [6.07, 6.45) is 1.36. The van der Waals surface area contributed by atoms with E-state index >= 15 is 0 Å². The molecular weight excluding hydrogens is 286 g/mol. The summed E-state index contributed by atoms with van der Waals surface area (Å²) in [5, 5.41) is 11.4. The third-order valence-electron chi connectivity index (χ3n) is 2.48. The van der Waals surface area contributed by atoms with Crippen LogP contribution in [-0.4, -0.2) is 29.7 Å². The maximum absolute atomic E-state index is 11.1. The van der Waals surface area contributed by atoms with Gasteiger partial charge in [-0.3, -0.25) is 4.79 Å². The van der Waals surface area contributed by atoms with Gasteiger partial charge in [-0.25, -0.2) is 4.79 Å². The minimum Gasteiger partial charge on any atom is -0.490 e. The second kappa shape index (κ2) is 8.07. The predicted molar refractivity (Wildman–Crippen MR) is 82.8 cm³/mol. The van der Waals surface area contributed by atoms with Gasteiger partial charge in [0, 0.05) is 6.92 Å². The molecule has 0 fully saturated rings. The van der Waals surface area contributed by atoms with Crippen molar-refractivity contribution in [2.24, 2.45) is 0 Å². The third-order valence-corrected chi connectivity index (χ3v) is 2.48. The van der Waals surface area contributed by atoms with Gasteiger partial charge in [0.25, 0.3) is 0 Å². The SMILES string of the molecule is CCOc1cc(/C=C(/NC(C)=O)C(=O)O)ccc1OC(C)C. The van der Waals surface area contributed by atoms with Gasteiger partial charge in [0.2, 0.25) is 5.91 Å². The number of nitrogens with one attached hydrogen (secondary N) is 1. The highest BCUT2D eigenvalue weighted by molar-refractivity contribution is 5.96. The topological polar surface area (TPSA) is 84.9 Å². The molecule has 0 heterocycles. The summed E-state index contributed by atoms with van der Waals surface area (Å²) in [6, 6.07) is 5.08. The summed E-state index contributed by atoms with van der Waals surface area (Å²) >= 11 is 0. The standard InChI is InChI=1S/C16H21NO5/c1-5-21-15-9-12(6-7-14(15)22-10(2)3)8-13(16(19)20)17-11(4)18/h6-10H,5H2,1-4H3,(H,17,18)(H,19,20)/b13-8+. The number of benzene rings is 1. The molecule has 1 aromatic rings. The molecule has 0 unspecified atom stereocenters. The maximum atomic E-state index is 11.1. The van der Waals surface area contributed by atoms with Gasteiger partial charge in [0.15, 0.2) is 11.5 Å². The van der Waals surface area contributed by atoms with E-state index in [2.05, 4.69) is 5.32 Å². The van der Waals surface area contributed by atoms with Crippen LogP contribution in [0.15, 0.2) is 23.9 Å². The van der Waals surface area contributed by atoms with Crippen LogP contribution in [-0.2, 0) is 9.59 Å². The van der Waals surface area contributed by atoms with Gasteiger partial charge in [-0.2, -0.15) is 0 Å². The van der Waals surface area contributed by atoms with E-state index in [0.29, 0.717) is 23.7 Å². The van der Waals surface area contributed by atoms with Crippen LogP contribution < -0.4 is 14.8 Å². The Kier molecular flexibility index (Phi) is 6.44. The Morgan fingerprint density at radius 2 is 2.00 bits per heavy atom. The van der Waals surface area contributed by atoms with E-state index in [1.807, 2.05) is 20.8 Å². The first-order chi connectivity index (χ1) is 10.3. The third kappa shape index (κ3) is 5.47. The molecule has 1 amide bonds. The molecule has 22 heavy (non-hydrogen) atoms. The normalized spacial score (nSPS) is 11.2. The monoisotopic (exact) mass is 307 g/mol. The first-order valence-corrected chi connectivity index (χ1v) is 6.99. The molecule has 120 valence electrons. The number of hydrogen-bond donors (Lipinski definition) is 2. The van der Waals surface area contributed by atoms with Crippen molar-refractivity contribution in [1.29, 1.82) is 0 Å². The van der Waals surface area contributed by atoms with Crippen molar-refractivity contribution in [3.63, 3.8) is 0 Å². The molecule has 0 saturated carbocycles. The highest BCUT2D eigenvalue weighted by Gasteiger charge is 2.11. The number of hydrogen-bond acceptors (Lipinski definition) is 4. The Morgan fingerprint density at radius 3 is 2.50 bits per heavy atom. The zero-order valence-electron chi connectivity index (χ0n) is 13.2. The number of carboxylic acid groups (broad SMARTS) is 1. The molecule has 0 radical (unpaired) electrons. The smallest absolute Gasteiger partial charge is 0.352 e. The molecule has 0 aromatic heterocycles. The summed E-state index contributed by atoms with van der Waals surface area (Å²) in [5.41, 5.74) is 0.387. The Hall–Kier alpha value is -2.50. The highest BCUT2D eigenvalue weighted by atomic mass is 16.5. The molecule has 1 rings (SSSR count). The summed E-state index contributed by atoms with van der Waals surface area (Å²) in [6.45, 7) is 7.37. The Labute approximate surface area is 129 Å². The molecule has 6 nitrogen and oxygen atoms in total. The second-order valence-electron chi connectivity index (χ2n) is 4.85. The predicted octanol–water partition coefficient (Wildman–Crippen LogP) is 2.43. The number of carbonyl (C=O) groups excluding carboxylic acids is 1. The Bertz CT molecular complexity index is 578. The van der Waals surface area contributed by atoms with Crippen LogP contribution in [0, 0.1) is 0 Å². The number of ether oxygens (including phenoxy) is 2. The zero-order chi connectivity index (χ0) is 16.7. The van der Waals surface area contributed by atoms with E-state index < -0.39 is 11.9 Å². The van der Waals surface area contributed by atoms with Crippen molar-refractivity contribution in [2.45, 2.75) is 33.8 Å². The van der Waals surface area contributed by atoms with Gasteiger partial charge in [-0.1, -0.05) is 6.07 Å². The van der Waals surface area contributed by atoms with Crippen molar-refractivity contribution in [2.75, 3.05) is 6.61 Å². The van der Waals surface area contributed by atoms with Crippen LogP contribution in [0.3, 0.4) is 0 Å². The quantitative estimate of drug-likeness (QED) is 0.756. The lowest BCUT2D eigenvalue weighted by Crippen LogP contribution is -2.24. The fourth-order valence-electron chi connectivity index (χ4n) is 1.74. The highest BCUT2D eigenvalue weighted by Crippen LogP contribution is 2.30. The van der Waals surface area contributed by atoms with Crippen LogP contribution in [0.2, 0.25) is 0 Å². The van der Waals surface area contributed by atoms with Crippen LogP contribution in [0.4, 0.5) is 0 Å². The lowest BCUT2D eigenvalue weighted by molar-refractivity contribution is -0.134. The Morgan fingerprint density at radius 1 is 1.32 bits per heavy atom. The van der Waals surface area contributed by atoms with Gasteiger partial charge in [-0.15, -0.1) is 0 Å². The van der Waals surface area contributed by atoms with Gasteiger partial charge in [-0.05, 0) is 44.5 Å². The fourth-order valence-corrected chi connectivity index (χ4v) is 1.74. The number of amides is 1. The van der Waals surface area contributed by atoms with Crippen LogP contribution in [0.5, 0.6) is 11.5 Å². The molecule has 0 spiro atoms. The van der Waals surface area contributed by atoms with Crippen molar-refractivity contribution in [3.8, 4) is 11.5 Å². The summed E-state index contributed by atoms with van der Waals surface area (Å²) in [4.78, 5) is 22.2. The average molecular weight is 307 g/mol. The fraction of sp³-hybridized carbons (Fsp3) is 0.375. The first-order valence-electron chi connectivity index (χ1n) is 6.99. The lowest BCUT2D eigenvalue weighted by atomic mass is 10.1.